The van der Waals surface area contributed by atoms with Crippen LogP contribution in [0.15, 0.2) is 71.2 Å². The number of amides is 2. The average Bonchev–Trinajstić information content (AvgIpc) is 2.74. The zero-order valence-corrected chi connectivity index (χ0v) is 20.2. The lowest BCUT2D eigenvalue weighted by atomic mass is 9.86. The first kappa shape index (κ1) is 23.5. The number of anilines is 2. The average molecular weight is 495 g/mol. The monoisotopic (exact) mass is 494 g/mol. The van der Waals surface area contributed by atoms with Gasteiger partial charge in [-0.1, -0.05) is 54.9 Å². The van der Waals surface area contributed by atoms with Gasteiger partial charge < -0.3 is 15.4 Å². The topological polar surface area (TPSA) is 67.4 Å². The number of carbonyl (C=O) groups is 2. The van der Waals surface area contributed by atoms with E-state index < -0.39 is 0 Å². The highest BCUT2D eigenvalue weighted by Crippen LogP contribution is 2.33. The minimum absolute atomic E-state index is 0.101. The highest BCUT2D eigenvalue weighted by Gasteiger charge is 2.20. The van der Waals surface area contributed by atoms with Gasteiger partial charge in [-0.3, -0.25) is 9.59 Å². The van der Waals surface area contributed by atoms with Crippen molar-refractivity contribution in [2.45, 2.75) is 33.1 Å². The lowest BCUT2D eigenvalue weighted by Gasteiger charge is -2.23. The summed E-state index contributed by atoms with van der Waals surface area (Å²) >= 11 is 3.49. The van der Waals surface area contributed by atoms with Crippen molar-refractivity contribution in [2.75, 3.05) is 17.2 Å². The van der Waals surface area contributed by atoms with Crippen LogP contribution >= 0.6 is 15.9 Å². The molecule has 0 fully saturated rings. The van der Waals surface area contributed by atoms with Gasteiger partial charge in [0.05, 0.1) is 0 Å². The molecule has 0 spiro atoms. The summed E-state index contributed by atoms with van der Waals surface area (Å²) in [7, 11) is 0. The molecule has 3 aromatic carbocycles. The summed E-state index contributed by atoms with van der Waals surface area (Å²) in [6, 6.07) is 20.2. The molecule has 32 heavy (non-hydrogen) atoms. The van der Waals surface area contributed by atoms with E-state index in [2.05, 4.69) is 47.3 Å². The third-order valence-electron chi connectivity index (χ3n) is 4.92. The molecule has 3 aromatic rings. The summed E-state index contributed by atoms with van der Waals surface area (Å²) < 4.78 is 6.77. The molecule has 0 heterocycles. The molecule has 0 saturated carbocycles. The highest BCUT2D eigenvalue weighted by atomic mass is 79.9. The largest absolute Gasteiger partial charge is 0.483 e. The number of halogens is 1. The number of rotatable bonds is 6. The molecule has 5 nitrogen and oxygen atoms in total. The molecular weight excluding hydrogens is 468 g/mol. The van der Waals surface area contributed by atoms with E-state index in [1.54, 1.807) is 30.3 Å². The molecule has 0 bridgehead atoms. The molecule has 166 valence electrons. The Kier molecular flexibility index (Phi) is 7.36. The second kappa shape index (κ2) is 10.0. The van der Waals surface area contributed by atoms with Gasteiger partial charge in [0.1, 0.15) is 5.75 Å². The van der Waals surface area contributed by atoms with Crippen molar-refractivity contribution in [1.82, 2.24) is 0 Å². The van der Waals surface area contributed by atoms with Crippen molar-refractivity contribution >= 4 is 39.1 Å². The highest BCUT2D eigenvalue weighted by molar-refractivity contribution is 9.10. The van der Waals surface area contributed by atoms with Crippen molar-refractivity contribution in [3.8, 4) is 5.75 Å². The quantitative estimate of drug-likeness (QED) is 0.420. The Morgan fingerprint density at radius 1 is 0.906 bits per heavy atom. The van der Waals surface area contributed by atoms with Gasteiger partial charge in [0.2, 0.25) is 0 Å². The van der Waals surface area contributed by atoms with Crippen LogP contribution in [0.2, 0.25) is 0 Å². The zero-order valence-electron chi connectivity index (χ0n) is 18.7. The minimum Gasteiger partial charge on any atom is -0.483 e. The predicted molar refractivity (Wildman–Crippen MR) is 133 cm³/mol. The molecule has 0 radical (unpaired) electrons. The molecular formula is C26H27BrN2O3. The van der Waals surface area contributed by atoms with Gasteiger partial charge in [0.25, 0.3) is 11.8 Å². The Morgan fingerprint density at radius 3 is 2.16 bits per heavy atom. The normalized spacial score (nSPS) is 11.0. The van der Waals surface area contributed by atoms with Gasteiger partial charge in [0, 0.05) is 27.0 Å². The number of hydrogen-bond donors (Lipinski definition) is 2. The fourth-order valence-corrected chi connectivity index (χ4v) is 3.58. The fourth-order valence-electron chi connectivity index (χ4n) is 3.22. The number of benzene rings is 3. The summed E-state index contributed by atoms with van der Waals surface area (Å²) in [4.78, 5) is 24.8. The molecule has 0 aliphatic heterocycles. The summed E-state index contributed by atoms with van der Waals surface area (Å²) in [6.07, 6.45) is 0. The number of aryl methyl sites for hydroxylation is 1. The van der Waals surface area contributed by atoms with Gasteiger partial charge >= 0.3 is 0 Å². The second-order valence-corrected chi connectivity index (χ2v) is 9.49. The van der Waals surface area contributed by atoms with Crippen molar-refractivity contribution in [3.05, 3.63) is 87.9 Å². The van der Waals surface area contributed by atoms with E-state index in [1.807, 2.05) is 43.3 Å². The maximum atomic E-state index is 12.4. The first-order valence-corrected chi connectivity index (χ1v) is 11.1. The minimum atomic E-state index is -0.260. The van der Waals surface area contributed by atoms with Crippen molar-refractivity contribution in [2.24, 2.45) is 0 Å². The van der Waals surface area contributed by atoms with Gasteiger partial charge in [-0.05, 0) is 66.4 Å². The summed E-state index contributed by atoms with van der Waals surface area (Å²) in [5.41, 5.74) is 3.72. The van der Waals surface area contributed by atoms with E-state index >= 15 is 0 Å². The molecule has 0 saturated heterocycles. The van der Waals surface area contributed by atoms with Crippen molar-refractivity contribution in [3.63, 3.8) is 0 Å². The second-order valence-electron chi connectivity index (χ2n) is 8.57. The maximum Gasteiger partial charge on any atom is 0.262 e. The van der Waals surface area contributed by atoms with Crippen LogP contribution in [-0.2, 0) is 10.2 Å². The maximum absolute atomic E-state index is 12.4. The van der Waals surface area contributed by atoms with E-state index in [-0.39, 0.29) is 23.8 Å². The SMILES string of the molecule is Cc1ccccc1C(=O)Nc1ccc(NC(=O)COc2ccc(Br)cc2C(C)(C)C)cc1. The van der Waals surface area contributed by atoms with Gasteiger partial charge in [0.15, 0.2) is 6.61 Å². The fraction of sp³-hybridized carbons (Fsp3) is 0.231. The summed E-state index contributed by atoms with van der Waals surface area (Å²) in [5, 5.41) is 5.69. The van der Waals surface area contributed by atoms with Gasteiger partial charge in [-0.2, -0.15) is 0 Å². The predicted octanol–water partition coefficient (Wildman–Crippen LogP) is 6.32. The Hall–Kier alpha value is -3.12. The van der Waals surface area contributed by atoms with E-state index in [0.717, 1.165) is 15.6 Å². The Bertz CT molecular complexity index is 1120. The molecule has 2 amide bonds. The van der Waals surface area contributed by atoms with Crippen LogP contribution < -0.4 is 15.4 Å². The van der Waals surface area contributed by atoms with E-state index in [0.29, 0.717) is 22.7 Å². The van der Waals surface area contributed by atoms with E-state index in [9.17, 15) is 9.59 Å². The van der Waals surface area contributed by atoms with E-state index in [4.69, 9.17) is 4.74 Å². The number of carbonyl (C=O) groups excluding carboxylic acids is 2. The van der Waals surface area contributed by atoms with Crippen LogP contribution in [-0.4, -0.2) is 18.4 Å². The Labute approximate surface area is 197 Å². The van der Waals surface area contributed by atoms with Crippen LogP contribution in [0.25, 0.3) is 0 Å². The van der Waals surface area contributed by atoms with Gasteiger partial charge in [-0.25, -0.2) is 0 Å². The number of nitrogens with one attached hydrogen (secondary N) is 2. The van der Waals surface area contributed by atoms with Crippen molar-refractivity contribution < 1.29 is 14.3 Å². The molecule has 0 aliphatic carbocycles. The first-order chi connectivity index (χ1) is 15.1. The van der Waals surface area contributed by atoms with Crippen LogP contribution in [0.3, 0.4) is 0 Å². The van der Waals surface area contributed by atoms with E-state index in [1.165, 1.54) is 0 Å². The zero-order chi connectivity index (χ0) is 23.3. The molecule has 3 rings (SSSR count). The molecule has 2 N–H and O–H groups in total. The smallest absolute Gasteiger partial charge is 0.262 e. The van der Waals surface area contributed by atoms with Crippen LogP contribution in [0, 0.1) is 6.92 Å². The molecule has 0 unspecified atom stereocenters. The molecule has 0 aliphatic rings. The molecule has 0 aromatic heterocycles. The van der Waals surface area contributed by atoms with Crippen LogP contribution in [0.5, 0.6) is 5.75 Å². The lowest BCUT2D eigenvalue weighted by molar-refractivity contribution is -0.118. The summed E-state index contributed by atoms with van der Waals surface area (Å²) in [6.45, 7) is 8.09. The third-order valence-corrected chi connectivity index (χ3v) is 5.42. The van der Waals surface area contributed by atoms with Gasteiger partial charge in [-0.15, -0.1) is 0 Å². The Morgan fingerprint density at radius 2 is 1.53 bits per heavy atom. The van der Waals surface area contributed by atoms with Crippen LogP contribution in [0.1, 0.15) is 42.3 Å². The number of hydrogen-bond acceptors (Lipinski definition) is 3. The molecule has 6 heteroatoms. The van der Waals surface area contributed by atoms with Crippen molar-refractivity contribution in [1.29, 1.82) is 0 Å². The number of ether oxygens (including phenoxy) is 1. The lowest BCUT2D eigenvalue weighted by Crippen LogP contribution is -2.22. The first-order valence-electron chi connectivity index (χ1n) is 10.3. The molecule has 0 atom stereocenters. The Balaban J connectivity index is 1.58. The summed E-state index contributed by atoms with van der Waals surface area (Å²) in [5.74, 6) is 0.257. The standard InChI is InChI=1S/C26H27BrN2O3/c1-17-7-5-6-8-21(17)25(31)29-20-12-10-19(11-13-20)28-24(30)16-32-23-14-9-18(27)15-22(23)26(2,3)4/h5-15H,16H2,1-4H3,(H,28,30)(H,29,31). The third kappa shape index (κ3) is 6.20. The van der Waals surface area contributed by atoms with Crippen LogP contribution in [0.4, 0.5) is 11.4 Å².